The van der Waals surface area contributed by atoms with Crippen molar-refractivity contribution in [3.63, 3.8) is 0 Å². The van der Waals surface area contributed by atoms with Crippen molar-refractivity contribution >= 4 is 31.9 Å². The highest BCUT2D eigenvalue weighted by molar-refractivity contribution is 9.09. The van der Waals surface area contributed by atoms with Crippen LogP contribution in [0.5, 0.6) is 0 Å². The number of halogens is 2. The predicted octanol–water partition coefficient (Wildman–Crippen LogP) is 4.91. The van der Waals surface area contributed by atoms with Crippen LogP contribution in [0.3, 0.4) is 0 Å². The third-order valence-corrected chi connectivity index (χ3v) is 3.20. The van der Waals surface area contributed by atoms with Crippen molar-refractivity contribution in [2.75, 3.05) is 0 Å². The van der Waals surface area contributed by atoms with Gasteiger partial charge in [-0.3, -0.25) is 0 Å². The zero-order valence-electron chi connectivity index (χ0n) is 8.14. The molecule has 0 aliphatic rings. The largest absolute Gasteiger partial charge is 0.0842 e. The molecule has 2 unspecified atom stereocenters. The van der Waals surface area contributed by atoms with Crippen molar-refractivity contribution in [3.05, 3.63) is 34.9 Å². The number of benzene rings is 1. The third-order valence-electron chi connectivity index (χ3n) is 2.18. The van der Waals surface area contributed by atoms with E-state index < -0.39 is 0 Å². The second-order valence-electron chi connectivity index (χ2n) is 3.35. The van der Waals surface area contributed by atoms with E-state index in [2.05, 4.69) is 70.8 Å². The minimum atomic E-state index is 0.436. The highest BCUT2D eigenvalue weighted by Crippen LogP contribution is 2.29. The Hall–Kier alpha value is 0.180. The number of rotatable bonds is 2. The summed E-state index contributed by atoms with van der Waals surface area (Å²) in [5.74, 6) is 0. The molecule has 0 heterocycles. The van der Waals surface area contributed by atoms with Crippen LogP contribution in [0.4, 0.5) is 0 Å². The Morgan fingerprint density at radius 3 is 2.08 bits per heavy atom. The Bertz CT molecular complexity index is 290. The van der Waals surface area contributed by atoms with Gasteiger partial charge in [0, 0.05) is 9.65 Å². The van der Waals surface area contributed by atoms with Crippen LogP contribution in [-0.4, -0.2) is 0 Å². The summed E-state index contributed by atoms with van der Waals surface area (Å²) in [5.41, 5.74) is 4.07. The van der Waals surface area contributed by atoms with Crippen LogP contribution in [0.2, 0.25) is 0 Å². The Kier molecular flexibility index (Phi) is 3.99. The molecular formula is C11H14Br2. The quantitative estimate of drug-likeness (QED) is 0.681. The molecule has 0 spiro atoms. The second-order valence-corrected chi connectivity index (χ2v) is 6.10. The van der Waals surface area contributed by atoms with Gasteiger partial charge in [-0.05, 0) is 37.5 Å². The monoisotopic (exact) mass is 304 g/mol. The number of hydrogen-bond donors (Lipinski definition) is 0. The Morgan fingerprint density at radius 1 is 1.08 bits per heavy atom. The average Bonchev–Trinajstić information content (AvgIpc) is 2.03. The van der Waals surface area contributed by atoms with Gasteiger partial charge in [0.1, 0.15) is 0 Å². The van der Waals surface area contributed by atoms with Gasteiger partial charge in [-0.25, -0.2) is 0 Å². The molecule has 13 heavy (non-hydrogen) atoms. The first-order valence-corrected chi connectivity index (χ1v) is 6.24. The molecule has 0 N–H and O–H groups in total. The van der Waals surface area contributed by atoms with Crippen molar-refractivity contribution < 1.29 is 0 Å². The molecule has 0 bridgehead atoms. The van der Waals surface area contributed by atoms with E-state index in [-0.39, 0.29) is 0 Å². The van der Waals surface area contributed by atoms with Gasteiger partial charge in [-0.15, -0.1) is 0 Å². The first-order chi connectivity index (χ1) is 6.02. The van der Waals surface area contributed by atoms with Gasteiger partial charge in [0.2, 0.25) is 0 Å². The van der Waals surface area contributed by atoms with Crippen LogP contribution in [0.15, 0.2) is 18.2 Å². The Morgan fingerprint density at radius 2 is 1.69 bits per heavy atom. The van der Waals surface area contributed by atoms with Gasteiger partial charge >= 0.3 is 0 Å². The molecule has 0 fully saturated rings. The predicted molar refractivity (Wildman–Crippen MR) is 65.9 cm³/mol. The Labute approximate surface area is 97.0 Å². The highest BCUT2D eigenvalue weighted by Gasteiger charge is 2.07. The fraction of sp³-hybridized carbons (Fsp3) is 0.455. The van der Waals surface area contributed by atoms with Gasteiger partial charge in [-0.1, -0.05) is 50.1 Å². The molecular weight excluding hydrogens is 292 g/mol. The minimum Gasteiger partial charge on any atom is -0.0842 e. The molecule has 0 saturated carbocycles. The fourth-order valence-corrected chi connectivity index (χ4v) is 2.19. The maximum atomic E-state index is 3.58. The first-order valence-electron chi connectivity index (χ1n) is 4.41. The van der Waals surface area contributed by atoms with Crippen LogP contribution in [0, 0.1) is 6.92 Å². The average molecular weight is 306 g/mol. The molecule has 1 rings (SSSR count). The molecule has 0 nitrogen and oxygen atoms in total. The molecule has 0 aliphatic carbocycles. The maximum absolute atomic E-state index is 3.58. The van der Waals surface area contributed by atoms with Gasteiger partial charge in [0.15, 0.2) is 0 Å². The zero-order chi connectivity index (χ0) is 10.0. The minimum absolute atomic E-state index is 0.436. The molecule has 1 aromatic rings. The summed E-state index contributed by atoms with van der Waals surface area (Å²) in [6.45, 7) is 6.46. The number of aryl methyl sites for hydroxylation is 1. The molecule has 0 saturated heterocycles. The van der Waals surface area contributed by atoms with E-state index in [1.54, 1.807) is 0 Å². The van der Waals surface area contributed by atoms with Crippen LogP contribution in [-0.2, 0) is 0 Å². The fourth-order valence-electron chi connectivity index (χ4n) is 1.39. The molecule has 0 aliphatic heterocycles. The van der Waals surface area contributed by atoms with E-state index in [1.165, 1.54) is 16.7 Å². The standard InChI is InChI=1S/C11H14Br2/c1-7-6-10(8(2)12)4-5-11(7)9(3)13/h4-6,8-9H,1-3H3. The highest BCUT2D eigenvalue weighted by atomic mass is 79.9. The molecule has 0 aromatic heterocycles. The van der Waals surface area contributed by atoms with Crippen LogP contribution >= 0.6 is 31.9 Å². The molecule has 72 valence electrons. The van der Waals surface area contributed by atoms with Crippen LogP contribution in [0.1, 0.15) is 40.2 Å². The zero-order valence-corrected chi connectivity index (χ0v) is 11.3. The lowest BCUT2D eigenvalue weighted by atomic mass is 10.0. The van der Waals surface area contributed by atoms with E-state index >= 15 is 0 Å². The SMILES string of the molecule is Cc1cc(C(C)Br)ccc1C(C)Br. The second kappa shape index (κ2) is 4.61. The van der Waals surface area contributed by atoms with Gasteiger partial charge in [0.05, 0.1) is 0 Å². The smallest absolute Gasteiger partial charge is 0.0369 e. The van der Waals surface area contributed by atoms with Crippen LogP contribution in [0.25, 0.3) is 0 Å². The van der Waals surface area contributed by atoms with Crippen molar-refractivity contribution in [3.8, 4) is 0 Å². The molecule has 2 heteroatoms. The summed E-state index contributed by atoms with van der Waals surface area (Å²) in [4.78, 5) is 0.873. The summed E-state index contributed by atoms with van der Waals surface area (Å²) < 4.78 is 0. The molecule has 0 radical (unpaired) electrons. The number of hydrogen-bond acceptors (Lipinski definition) is 0. The van der Waals surface area contributed by atoms with Crippen molar-refractivity contribution in [2.24, 2.45) is 0 Å². The van der Waals surface area contributed by atoms with Crippen molar-refractivity contribution in [1.82, 2.24) is 0 Å². The maximum Gasteiger partial charge on any atom is 0.0369 e. The summed E-state index contributed by atoms with van der Waals surface area (Å²) >= 11 is 7.15. The summed E-state index contributed by atoms with van der Waals surface area (Å²) in [5, 5.41) is 0. The normalized spacial score (nSPS) is 15.5. The number of alkyl halides is 2. The lowest BCUT2D eigenvalue weighted by Crippen LogP contribution is -1.92. The van der Waals surface area contributed by atoms with Crippen LogP contribution < -0.4 is 0 Å². The lowest BCUT2D eigenvalue weighted by Gasteiger charge is -2.11. The first kappa shape index (κ1) is 11.3. The summed E-state index contributed by atoms with van der Waals surface area (Å²) in [6, 6.07) is 6.62. The van der Waals surface area contributed by atoms with Crippen molar-refractivity contribution in [1.29, 1.82) is 0 Å². The lowest BCUT2D eigenvalue weighted by molar-refractivity contribution is 1.06. The molecule has 1 aromatic carbocycles. The van der Waals surface area contributed by atoms with Gasteiger partial charge in [0.25, 0.3) is 0 Å². The third kappa shape index (κ3) is 2.81. The van der Waals surface area contributed by atoms with E-state index in [9.17, 15) is 0 Å². The van der Waals surface area contributed by atoms with E-state index in [1.807, 2.05) is 0 Å². The summed E-state index contributed by atoms with van der Waals surface area (Å²) in [7, 11) is 0. The Balaban J connectivity index is 3.06. The topological polar surface area (TPSA) is 0 Å². The molecule has 2 atom stereocenters. The van der Waals surface area contributed by atoms with E-state index in [0.29, 0.717) is 9.65 Å². The van der Waals surface area contributed by atoms with E-state index in [0.717, 1.165) is 0 Å². The summed E-state index contributed by atoms with van der Waals surface area (Å²) in [6.07, 6.45) is 0. The van der Waals surface area contributed by atoms with E-state index in [4.69, 9.17) is 0 Å². The molecule has 0 amide bonds. The van der Waals surface area contributed by atoms with Crippen molar-refractivity contribution in [2.45, 2.75) is 30.4 Å². The van der Waals surface area contributed by atoms with Gasteiger partial charge < -0.3 is 0 Å². The van der Waals surface area contributed by atoms with Gasteiger partial charge in [-0.2, -0.15) is 0 Å².